The third-order valence-electron chi connectivity index (χ3n) is 20.2. The molecule has 5 aromatic heterocycles. The third kappa shape index (κ3) is 9.10. The van der Waals surface area contributed by atoms with Gasteiger partial charge in [-0.2, -0.15) is 10.5 Å². The maximum absolute atomic E-state index is 10.3. The first-order valence-electron chi connectivity index (χ1n) is 33.7. The molecule has 0 atom stereocenters. The van der Waals surface area contributed by atoms with Crippen LogP contribution >= 0.6 is 0 Å². The summed E-state index contributed by atoms with van der Waals surface area (Å²) in [7, 11) is -2.94. The van der Waals surface area contributed by atoms with Gasteiger partial charge >= 0.3 is 0 Å². The van der Waals surface area contributed by atoms with E-state index < -0.39 is 8.07 Å². The lowest BCUT2D eigenvalue weighted by molar-refractivity contribution is 0.669. The van der Waals surface area contributed by atoms with E-state index in [1.54, 1.807) is 0 Å². The molecule has 0 unspecified atom stereocenters. The molecule has 100 heavy (non-hydrogen) atoms. The molecule has 7 nitrogen and oxygen atoms in total. The van der Waals surface area contributed by atoms with E-state index in [-0.39, 0.29) is 0 Å². The van der Waals surface area contributed by atoms with Crippen LogP contribution in [0.15, 0.2) is 355 Å². The lowest BCUT2D eigenvalue weighted by Crippen LogP contribution is -2.74. The molecule has 0 amide bonds. The summed E-state index contributed by atoms with van der Waals surface area (Å²) >= 11 is 0. The van der Waals surface area contributed by atoms with Crippen molar-refractivity contribution in [2.24, 2.45) is 0 Å². The number of hydrogen-bond donors (Lipinski definition) is 0. The second-order valence-corrected chi connectivity index (χ2v) is 29.5. The summed E-state index contributed by atoms with van der Waals surface area (Å²) in [4.78, 5) is 0. The number of fused-ring (bicyclic) bond motifs is 15. The summed E-state index contributed by atoms with van der Waals surface area (Å²) in [5.74, 6) is 0. The van der Waals surface area contributed by atoms with Gasteiger partial charge in [-0.1, -0.05) is 243 Å². The van der Waals surface area contributed by atoms with Crippen molar-refractivity contribution in [2.45, 2.75) is 0 Å². The molecule has 8 heteroatoms. The average molecular weight is 1290 g/mol. The van der Waals surface area contributed by atoms with Gasteiger partial charge < -0.3 is 22.5 Å². The van der Waals surface area contributed by atoms with Gasteiger partial charge in [-0.05, 0) is 135 Å². The van der Waals surface area contributed by atoms with Crippen LogP contribution in [0.1, 0.15) is 11.1 Å². The zero-order valence-electron chi connectivity index (χ0n) is 54.0. The number of benzene rings is 15. The van der Waals surface area contributed by atoms with Gasteiger partial charge in [0.25, 0.3) is 0 Å². The molecule has 0 aliphatic heterocycles. The van der Waals surface area contributed by atoms with Crippen molar-refractivity contribution < 1.29 is 8.83 Å². The smallest absolute Gasteiger partial charge is 0.179 e. The summed E-state index contributed by atoms with van der Waals surface area (Å²) in [6.07, 6.45) is 0. The fraction of sp³-hybridized carbons (Fsp3) is 0. The van der Waals surface area contributed by atoms with Crippen LogP contribution in [-0.2, 0) is 0 Å². The molecule has 20 rings (SSSR count). The molecule has 0 N–H and O–H groups in total. The van der Waals surface area contributed by atoms with Crippen LogP contribution < -0.4 is 20.7 Å². The summed E-state index contributed by atoms with van der Waals surface area (Å²) in [6.45, 7) is 0. The van der Waals surface area contributed by atoms with Gasteiger partial charge in [0.15, 0.2) is 8.07 Å². The minimum Gasteiger partial charge on any atom is -0.455 e. The lowest BCUT2D eigenvalue weighted by atomic mass is 9.98. The second-order valence-electron chi connectivity index (χ2n) is 25.7. The quantitative estimate of drug-likeness (QED) is 0.106. The minimum absolute atomic E-state index is 0.589. The predicted octanol–water partition coefficient (Wildman–Crippen LogP) is 20.9. The van der Waals surface area contributed by atoms with Gasteiger partial charge in [0.05, 0.1) is 56.4 Å². The van der Waals surface area contributed by atoms with E-state index in [1.807, 2.05) is 42.5 Å². The van der Waals surface area contributed by atoms with E-state index in [1.165, 1.54) is 53.1 Å². The van der Waals surface area contributed by atoms with Crippen molar-refractivity contribution >= 4 is 138 Å². The Bertz CT molecular complexity index is 6570. The topological polar surface area (TPSA) is 88.6 Å². The molecule has 0 bridgehead atoms. The van der Waals surface area contributed by atoms with E-state index in [0.717, 1.165) is 116 Å². The average Bonchev–Trinajstić information content (AvgIpc) is 0.964. The van der Waals surface area contributed by atoms with Crippen LogP contribution in [0.25, 0.3) is 149 Å². The number of rotatable bonds is 9. The monoisotopic (exact) mass is 1290 g/mol. The Kier molecular flexibility index (Phi) is 13.6. The standard InChI is InChI=1S/C49H32N2OSi.C43H25N3O/c50-33-34-15-13-21-39(29-34)53(37-17-3-1-4-18-37,38-19-5-2-6-20-38)40-22-14-16-35(30-40)44-31-36(32-45-43-25-9-12-28-48(43)52-49(44)45)51-46-26-10-7-23-41(46)42-24-8-11-27-47(42)51;44-26-27-21-28(23-29(22-27)45-38-16-6-1-11-31(38)32-12-2-7-17-39(32)45)36-24-30(25-37-35-15-5-10-20-42(35)47-43(36)37)46-40-18-8-3-13-33(40)34-14-4-9-19-41(34)46/h1-32H;1-25H. The van der Waals surface area contributed by atoms with Crippen LogP contribution in [0.2, 0.25) is 0 Å². The molecule has 0 aliphatic carbocycles. The molecule has 0 fully saturated rings. The number of hydrogen-bond acceptors (Lipinski definition) is 4. The summed E-state index contributed by atoms with van der Waals surface area (Å²) in [5.41, 5.74) is 18.5. The van der Waals surface area contributed by atoms with Gasteiger partial charge in [0.2, 0.25) is 0 Å². The third-order valence-corrected chi connectivity index (χ3v) is 25.0. The Morgan fingerprint density at radius 3 is 1.00 bits per heavy atom. The van der Waals surface area contributed by atoms with Crippen molar-refractivity contribution in [1.29, 1.82) is 10.5 Å². The lowest BCUT2D eigenvalue weighted by Gasteiger charge is -2.34. The minimum atomic E-state index is -2.94. The molecule has 20 aromatic rings. The Morgan fingerprint density at radius 2 is 0.580 bits per heavy atom. The molecule has 0 saturated carbocycles. The van der Waals surface area contributed by atoms with Gasteiger partial charge in [0, 0.05) is 82.1 Å². The van der Waals surface area contributed by atoms with Crippen molar-refractivity contribution in [3.05, 3.63) is 357 Å². The fourth-order valence-corrected chi connectivity index (χ4v) is 20.8. The van der Waals surface area contributed by atoms with Crippen molar-refractivity contribution in [2.75, 3.05) is 0 Å². The molecular weight excluding hydrogens is 1240 g/mol. The van der Waals surface area contributed by atoms with Crippen molar-refractivity contribution in [1.82, 2.24) is 13.7 Å². The van der Waals surface area contributed by atoms with E-state index >= 15 is 0 Å². The van der Waals surface area contributed by atoms with Crippen LogP contribution in [0, 0.1) is 22.7 Å². The van der Waals surface area contributed by atoms with E-state index in [2.05, 4.69) is 329 Å². The Hall–Kier alpha value is -13.5. The molecule has 0 saturated heterocycles. The second kappa shape index (κ2) is 23.4. The molecule has 0 radical (unpaired) electrons. The Morgan fingerprint density at radius 1 is 0.240 bits per heavy atom. The van der Waals surface area contributed by atoms with Crippen LogP contribution in [0.5, 0.6) is 0 Å². The summed E-state index contributed by atoms with van der Waals surface area (Å²) in [5, 5.41) is 36.8. The Labute approximate surface area is 576 Å². The summed E-state index contributed by atoms with van der Waals surface area (Å²) < 4.78 is 20.4. The zero-order valence-corrected chi connectivity index (χ0v) is 55.0. The normalized spacial score (nSPS) is 11.8. The highest BCUT2D eigenvalue weighted by molar-refractivity contribution is 7.20. The first-order chi connectivity index (χ1) is 49.5. The van der Waals surface area contributed by atoms with Gasteiger partial charge in [0.1, 0.15) is 22.3 Å². The molecule has 15 aromatic carbocycles. The van der Waals surface area contributed by atoms with E-state index in [9.17, 15) is 10.5 Å². The molecule has 5 heterocycles. The maximum Gasteiger partial charge on any atom is 0.179 e. The van der Waals surface area contributed by atoms with Crippen LogP contribution in [0.3, 0.4) is 0 Å². The maximum atomic E-state index is 10.3. The highest BCUT2D eigenvalue weighted by Crippen LogP contribution is 2.44. The van der Waals surface area contributed by atoms with E-state index in [4.69, 9.17) is 8.83 Å². The molecule has 466 valence electrons. The van der Waals surface area contributed by atoms with Crippen LogP contribution in [0.4, 0.5) is 0 Å². The number of nitrogens with zero attached hydrogens (tertiary/aromatic N) is 5. The molecular formula is C92H57N5O2Si. The van der Waals surface area contributed by atoms with Gasteiger partial charge in [-0.3, -0.25) is 0 Å². The highest BCUT2D eigenvalue weighted by Gasteiger charge is 2.42. The SMILES string of the molecule is N#Cc1cc(-c2cc(-n3c4ccccc4c4ccccc43)cc3c2oc2ccccc23)cc(-n2c3ccccc3c3ccccc32)c1.N#Cc1cccc([Si](c2ccccc2)(c2ccccc2)c2cccc(-c3cc(-n4c5ccccc5c5ccccc54)cc4c3oc3ccccc34)c2)c1. The largest absolute Gasteiger partial charge is 0.455 e. The summed E-state index contributed by atoms with van der Waals surface area (Å²) in [6, 6.07) is 127. The number of nitriles is 2. The number of furan rings is 2. The molecule has 0 aliphatic rings. The zero-order chi connectivity index (χ0) is 66.4. The predicted molar refractivity (Wildman–Crippen MR) is 414 cm³/mol. The number of para-hydroxylation sites is 8. The first kappa shape index (κ1) is 57.9. The van der Waals surface area contributed by atoms with Crippen molar-refractivity contribution in [3.8, 4) is 51.5 Å². The first-order valence-corrected chi connectivity index (χ1v) is 35.7. The molecule has 0 spiro atoms. The van der Waals surface area contributed by atoms with Crippen LogP contribution in [-0.4, -0.2) is 21.8 Å². The van der Waals surface area contributed by atoms with Gasteiger partial charge in [-0.15, -0.1) is 0 Å². The van der Waals surface area contributed by atoms with E-state index in [0.29, 0.717) is 11.1 Å². The Balaban J connectivity index is 0.000000140. The van der Waals surface area contributed by atoms with Gasteiger partial charge in [-0.25, -0.2) is 0 Å². The number of aromatic nitrogens is 3. The van der Waals surface area contributed by atoms with Crippen molar-refractivity contribution in [3.63, 3.8) is 0 Å². The highest BCUT2D eigenvalue weighted by atomic mass is 28.3. The fourth-order valence-electron chi connectivity index (χ4n) is 16.0.